The van der Waals surface area contributed by atoms with Gasteiger partial charge >= 0.3 is 0 Å². The van der Waals surface area contributed by atoms with Crippen molar-refractivity contribution in [3.8, 4) is 11.5 Å². The number of rotatable bonds is 4. The molecule has 0 aliphatic rings. The minimum atomic E-state index is -0.480. The molecular formula is C23H17FN2O3. The Bertz CT molecular complexity index is 1220. The molecule has 1 aromatic heterocycles. The lowest BCUT2D eigenvalue weighted by Gasteiger charge is -2.12. The van der Waals surface area contributed by atoms with Gasteiger partial charge in [0.05, 0.1) is 16.8 Å². The molecule has 0 saturated carbocycles. The molecule has 0 aliphatic carbocycles. The average Bonchev–Trinajstić information content (AvgIpc) is 3.09. The zero-order valence-corrected chi connectivity index (χ0v) is 15.6. The number of nitrogens with one attached hydrogen (secondary N) is 1. The third-order valence-corrected chi connectivity index (χ3v) is 4.46. The van der Waals surface area contributed by atoms with Crippen LogP contribution in [0.4, 0.5) is 10.1 Å². The van der Waals surface area contributed by atoms with Crippen molar-refractivity contribution in [1.82, 2.24) is 4.57 Å². The number of carbonyl (C=O) groups is 2. The molecule has 4 rings (SSSR count). The molecule has 0 fully saturated rings. The van der Waals surface area contributed by atoms with Gasteiger partial charge in [0.2, 0.25) is 5.91 Å². The van der Waals surface area contributed by atoms with Crippen LogP contribution in [-0.4, -0.2) is 16.4 Å². The van der Waals surface area contributed by atoms with Crippen molar-refractivity contribution in [2.75, 3.05) is 5.32 Å². The van der Waals surface area contributed by atoms with Crippen LogP contribution in [0.3, 0.4) is 0 Å². The van der Waals surface area contributed by atoms with Gasteiger partial charge in [-0.3, -0.25) is 14.2 Å². The Morgan fingerprint density at radius 1 is 0.966 bits per heavy atom. The second-order valence-corrected chi connectivity index (χ2v) is 6.46. The van der Waals surface area contributed by atoms with E-state index in [1.807, 2.05) is 30.3 Å². The summed E-state index contributed by atoms with van der Waals surface area (Å²) in [7, 11) is 0. The number of anilines is 1. The molecule has 0 unspecified atom stereocenters. The van der Waals surface area contributed by atoms with Crippen molar-refractivity contribution >= 4 is 28.4 Å². The number of nitrogens with zero attached hydrogens (tertiary/aromatic N) is 1. The number of para-hydroxylation sites is 3. The summed E-state index contributed by atoms with van der Waals surface area (Å²) in [5, 5.41) is 3.31. The van der Waals surface area contributed by atoms with E-state index >= 15 is 0 Å². The van der Waals surface area contributed by atoms with E-state index in [1.54, 1.807) is 24.3 Å². The molecule has 3 aromatic carbocycles. The molecule has 1 N–H and O–H groups in total. The van der Waals surface area contributed by atoms with Crippen molar-refractivity contribution in [1.29, 1.82) is 0 Å². The van der Waals surface area contributed by atoms with Gasteiger partial charge in [0.1, 0.15) is 11.6 Å². The molecular weight excluding hydrogens is 371 g/mol. The number of carbonyl (C=O) groups excluding carboxylic acids is 2. The fourth-order valence-electron chi connectivity index (χ4n) is 3.11. The van der Waals surface area contributed by atoms with Gasteiger partial charge in [-0.2, -0.15) is 0 Å². The molecule has 0 spiro atoms. The smallest absolute Gasteiger partial charge is 0.257 e. The number of aromatic nitrogens is 1. The van der Waals surface area contributed by atoms with E-state index in [0.717, 1.165) is 0 Å². The van der Waals surface area contributed by atoms with Crippen LogP contribution in [0.1, 0.15) is 22.1 Å². The Morgan fingerprint density at radius 2 is 1.69 bits per heavy atom. The zero-order chi connectivity index (χ0) is 20.4. The third kappa shape index (κ3) is 3.73. The highest BCUT2D eigenvalue weighted by atomic mass is 19.1. The molecule has 0 saturated heterocycles. The summed E-state index contributed by atoms with van der Waals surface area (Å²) < 4.78 is 20.8. The van der Waals surface area contributed by atoms with E-state index in [2.05, 4.69) is 5.32 Å². The van der Waals surface area contributed by atoms with Crippen LogP contribution in [0.5, 0.6) is 11.5 Å². The Morgan fingerprint density at radius 3 is 2.45 bits per heavy atom. The fraction of sp³-hybridized carbons (Fsp3) is 0.0435. The van der Waals surface area contributed by atoms with Crippen molar-refractivity contribution < 1.29 is 18.7 Å². The predicted octanol–water partition coefficient (Wildman–Crippen LogP) is 5.49. The van der Waals surface area contributed by atoms with E-state index in [4.69, 9.17) is 4.74 Å². The van der Waals surface area contributed by atoms with Crippen molar-refractivity contribution in [3.05, 3.63) is 90.4 Å². The predicted molar refractivity (Wildman–Crippen MR) is 109 cm³/mol. The first-order valence-corrected chi connectivity index (χ1v) is 8.98. The van der Waals surface area contributed by atoms with E-state index < -0.39 is 11.7 Å². The first kappa shape index (κ1) is 18.4. The van der Waals surface area contributed by atoms with Gasteiger partial charge in [0.15, 0.2) is 5.75 Å². The quantitative estimate of drug-likeness (QED) is 0.503. The van der Waals surface area contributed by atoms with Crippen molar-refractivity contribution in [2.24, 2.45) is 0 Å². The van der Waals surface area contributed by atoms with Crippen LogP contribution < -0.4 is 10.1 Å². The minimum absolute atomic E-state index is 0.268. The molecule has 29 heavy (non-hydrogen) atoms. The van der Waals surface area contributed by atoms with Gasteiger partial charge in [0.25, 0.3) is 5.91 Å². The van der Waals surface area contributed by atoms with Crippen LogP contribution in [0, 0.1) is 5.82 Å². The van der Waals surface area contributed by atoms with Gasteiger partial charge in [-0.15, -0.1) is 0 Å². The Hall–Kier alpha value is -3.93. The zero-order valence-electron chi connectivity index (χ0n) is 15.6. The first-order chi connectivity index (χ1) is 14.0. The molecule has 0 aliphatic heterocycles. The lowest BCUT2D eigenvalue weighted by atomic mass is 10.1. The highest BCUT2D eigenvalue weighted by Gasteiger charge is 2.18. The molecule has 4 aromatic rings. The summed E-state index contributed by atoms with van der Waals surface area (Å²) in [5.74, 6) is -0.101. The molecule has 6 heteroatoms. The summed E-state index contributed by atoms with van der Waals surface area (Å²) in [6.45, 7) is 1.36. The second-order valence-electron chi connectivity index (χ2n) is 6.46. The summed E-state index contributed by atoms with van der Waals surface area (Å²) >= 11 is 0. The molecule has 0 atom stereocenters. The van der Waals surface area contributed by atoms with Crippen LogP contribution in [-0.2, 0) is 0 Å². The van der Waals surface area contributed by atoms with Gasteiger partial charge in [-0.05, 0) is 42.5 Å². The molecule has 1 amide bonds. The van der Waals surface area contributed by atoms with E-state index in [0.29, 0.717) is 28.1 Å². The van der Waals surface area contributed by atoms with Gasteiger partial charge in [-0.25, -0.2) is 4.39 Å². The number of amides is 1. The number of ether oxygens (including phenoxy) is 1. The van der Waals surface area contributed by atoms with E-state index in [1.165, 1.54) is 35.9 Å². The standard InChI is InChI=1S/C23H17FN2O3/c1-15(27)26-14-19(18-12-11-16(24)13-21(18)26)23(28)25-20-9-5-6-10-22(20)29-17-7-3-2-4-8-17/h2-14H,1H3,(H,25,28). The third-order valence-electron chi connectivity index (χ3n) is 4.46. The summed E-state index contributed by atoms with van der Waals surface area (Å²) in [5.41, 5.74) is 1.09. The summed E-state index contributed by atoms with van der Waals surface area (Å²) in [6.07, 6.45) is 1.42. The fourth-order valence-corrected chi connectivity index (χ4v) is 3.11. The maximum Gasteiger partial charge on any atom is 0.257 e. The van der Waals surface area contributed by atoms with Gasteiger partial charge < -0.3 is 10.1 Å². The lowest BCUT2D eigenvalue weighted by Crippen LogP contribution is -2.12. The van der Waals surface area contributed by atoms with Gasteiger partial charge in [0, 0.05) is 18.5 Å². The topological polar surface area (TPSA) is 60.3 Å². The Balaban J connectivity index is 1.68. The molecule has 144 valence electrons. The summed E-state index contributed by atoms with van der Waals surface area (Å²) in [6, 6.07) is 20.3. The number of halogens is 1. The Labute approximate surface area is 166 Å². The minimum Gasteiger partial charge on any atom is -0.455 e. The molecule has 0 bridgehead atoms. The highest BCUT2D eigenvalue weighted by Crippen LogP contribution is 2.30. The number of fused-ring (bicyclic) bond motifs is 1. The lowest BCUT2D eigenvalue weighted by molar-refractivity contribution is 0.0941. The number of hydrogen-bond donors (Lipinski definition) is 1. The largest absolute Gasteiger partial charge is 0.455 e. The maximum atomic E-state index is 13.7. The molecule has 5 nitrogen and oxygen atoms in total. The monoisotopic (exact) mass is 388 g/mol. The number of benzene rings is 3. The highest BCUT2D eigenvalue weighted by molar-refractivity contribution is 6.14. The SMILES string of the molecule is CC(=O)n1cc(C(=O)Nc2ccccc2Oc2ccccc2)c2ccc(F)cc21. The average molecular weight is 388 g/mol. The van der Waals surface area contributed by atoms with Crippen LogP contribution in [0.25, 0.3) is 10.9 Å². The maximum absolute atomic E-state index is 13.7. The normalized spacial score (nSPS) is 10.7. The van der Waals surface area contributed by atoms with Crippen molar-refractivity contribution in [2.45, 2.75) is 6.92 Å². The van der Waals surface area contributed by atoms with Crippen LogP contribution in [0.15, 0.2) is 79.0 Å². The van der Waals surface area contributed by atoms with E-state index in [-0.39, 0.29) is 11.5 Å². The second kappa shape index (κ2) is 7.59. The Kier molecular flexibility index (Phi) is 4.83. The van der Waals surface area contributed by atoms with Crippen LogP contribution in [0.2, 0.25) is 0 Å². The van der Waals surface area contributed by atoms with Gasteiger partial charge in [-0.1, -0.05) is 30.3 Å². The van der Waals surface area contributed by atoms with Crippen molar-refractivity contribution in [3.63, 3.8) is 0 Å². The molecule has 0 radical (unpaired) electrons. The first-order valence-electron chi connectivity index (χ1n) is 8.98. The van der Waals surface area contributed by atoms with Crippen LogP contribution >= 0.6 is 0 Å². The van der Waals surface area contributed by atoms with E-state index in [9.17, 15) is 14.0 Å². The summed E-state index contributed by atoms with van der Waals surface area (Å²) in [4.78, 5) is 24.9. The number of hydrogen-bond acceptors (Lipinski definition) is 3. The molecule has 1 heterocycles.